The molecule has 3 aromatic carbocycles. The van der Waals surface area contributed by atoms with E-state index in [0.717, 1.165) is 35.3 Å². The zero-order chi connectivity index (χ0) is 22.5. The summed E-state index contributed by atoms with van der Waals surface area (Å²) in [5, 5.41) is 10.8. The number of carboxylic acids is 1. The molecular weight excluding hydrogens is 445 g/mol. The Bertz CT molecular complexity index is 1060. The first-order chi connectivity index (χ1) is 15.5. The molecule has 0 aliphatic carbocycles. The van der Waals surface area contributed by atoms with Crippen LogP contribution in [-0.2, 0) is 11.4 Å². The van der Waals surface area contributed by atoms with Gasteiger partial charge in [0.05, 0.1) is 16.1 Å². The van der Waals surface area contributed by atoms with Gasteiger partial charge in [-0.2, -0.15) is 0 Å². The van der Waals surface area contributed by atoms with Crippen LogP contribution in [0.3, 0.4) is 0 Å². The Morgan fingerprint density at radius 1 is 1.00 bits per heavy atom. The van der Waals surface area contributed by atoms with Gasteiger partial charge < -0.3 is 9.84 Å². The van der Waals surface area contributed by atoms with Gasteiger partial charge in [-0.15, -0.1) is 0 Å². The summed E-state index contributed by atoms with van der Waals surface area (Å²) in [6.07, 6.45) is 2.45. The summed E-state index contributed by atoms with van der Waals surface area (Å²) >= 11 is 12.9. The van der Waals surface area contributed by atoms with Crippen LogP contribution in [0.1, 0.15) is 42.0 Å². The van der Waals surface area contributed by atoms with E-state index >= 15 is 0 Å². The van der Waals surface area contributed by atoms with Crippen LogP contribution in [0.5, 0.6) is 5.75 Å². The maximum absolute atomic E-state index is 12.0. The van der Waals surface area contributed by atoms with Gasteiger partial charge in [0.2, 0.25) is 0 Å². The molecule has 1 aliphatic rings. The molecule has 3 aromatic rings. The van der Waals surface area contributed by atoms with Crippen LogP contribution in [0, 0.1) is 0 Å². The predicted molar refractivity (Wildman–Crippen MR) is 128 cm³/mol. The molecule has 1 saturated heterocycles. The molecule has 32 heavy (non-hydrogen) atoms. The second-order valence-electron chi connectivity index (χ2n) is 7.98. The fourth-order valence-corrected chi connectivity index (χ4v) is 4.71. The third-order valence-electron chi connectivity index (χ3n) is 5.88. The van der Waals surface area contributed by atoms with Gasteiger partial charge in [0.15, 0.2) is 0 Å². The van der Waals surface area contributed by atoms with Gasteiger partial charge in [0.25, 0.3) is 0 Å². The zero-order valence-electron chi connectivity index (χ0n) is 17.6. The maximum atomic E-state index is 12.0. The molecule has 0 spiro atoms. The highest BCUT2D eigenvalue weighted by atomic mass is 35.5. The maximum Gasteiger partial charge on any atom is 0.320 e. The van der Waals surface area contributed by atoms with Gasteiger partial charge in [-0.25, -0.2) is 0 Å². The molecule has 0 aromatic heterocycles. The Hall–Kier alpha value is -2.53. The van der Waals surface area contributed by atoms with E-state index in [1.165, 1.54) is 0 Å². The average Bonchev–Trinajstić information content (AvgIpc) is 2.82. The molecule has 1 N–H and O–H groups in total. The number of aliphatic carboxylic acids is 1. The monoisotopic (exact) mass is 469 g/mol. The normalized spacial score (nSPS) is 17.6. The number of carboxylic acid groups (broad SMARTS) is 1. The Morgan fingerprint density at radius 2 is 1.75 bits per heavy atom. The summed E-state index contributed by atoms with van der Waals surface area (Å²) in [4.78, 5) is 14.1. The first-order valence-electron chi connectivity index (χ1n) is 10.7. The topological polar surface area (TPSA) is 49.8 Å². The standard InChI is InChI=1S/C26H25Cl2NO3/c27-22-10-6-9-21(24(22)28)25(29-16-5-4-11-23(29)26(30)31)19-12-14-20(15-13-19)32-17-18-7-2-1-3-8-18/h1-3,6-10,12-15,23,25H,4-5,11,16-17H2,(H,30,31). The van der Waals surface area contributed by atoms with E-state index in [-0.39, 0.29) is 6.04 Å². The van der Waals surface area contributed by atoms with Gasteiger partial charge in [0.1, 0.15) is 18.4 Å². The van der Waals surface area contributed by atoms with Crippen molar-refractivity contribution in [2.75, 3.05) is 6.54 Å². The van der Waals surface area contributed by atoms with Crippen molar-refractivity contribution in [3.05, 3.63) is 99.5 Å². The van der Waals surface area contributed by atoms with E-state index < -0.39 is 12.0 Å². The van der Waals surface area contributed by atoms with E-state index in [4.69, 9.17) is 27.9 Å². The van der Waals surface area contributed by atoms with Crippen LogP contribution in [-0.4, -0.2) is 28.6 Å². The lowest BCUT2D eigenvalue weighted by Crippen LogP contribution is -2.46. The van der Waals surface area contributed by atoms with Crippen LogP contribution >= 0.6 is 23.2 Å². The number of nitrogens with zero attached hydrogens (tertiary/aromatic N) is 1. The minimum Gasteiger partial charge on any atom is -0.489 e. The summed E-state index contributed by atoms with van der Waals surface area (Å²) < 4.78 is 5.93. The number of halogens is 2. The lowest BCUT2D eigenvalue weighted by Gasteiger charge is -2.40. The highest BCUT2D eigenvalue weighted by molar-refractivity contribution is 6.42. The Labute approximate surface area is 198 Å². The Morgan fingerprint density at radius 3 is 2.47 bits per heavy atom. The highest BCUT2D eigenvalue weighted by Gasteiger charge is 2.36. The third-order valence-corrected chi connectivity index (χ3v) is 6.71. The van der Waals surface area contributed by atoms with Gasteiger partial charge >= 0.3 is 5.97 Å². The number of ether oxygens (including phenoxy) is 1. The van der Waals surface area contributed by atoms with Crippen LogP contribution in [0.25, 0.3) is 0 Å². The van der Waals surface area contributed by atoms with Crippen molar-refractivity contribution in [1.82, 2.24) is 4.90 Å². The minimum absolute atomic E-state index is 0.314. The average molecular weight is 470 g/mol. The molecule has 1 heterocycles. The number of rotatable bonds is 7. The number of piperidine rings is 1. The second kappa shape index (κ2) is 10.4. The molecule has 4 nitrogen and oxygen atoms in total. The van der Waals surface area contributed by atoms with E-state index in [0.29, 0.717) is 29.6 Å². The predicted octanol–water partition coefficient (Wildman–Crippen LogP) is 6.60. The largest absolute Gasteiger partial charge is 0.489 e. The van der Waals surface area contributed by atoms with Crippen molar-refractivity contribution in [3.63, 3.8) is 0 Å². The zero-order valence-corrected chi connectivity index (χ0v) is 19.1. The molecule has 0 bridgehead atoms. The summed E-state index contributed by atoms with van der Waals surface area (Å²) in [7, 11) is 0. The van der Waals surface area contributed by atoms with Crippen molar-refractivity contribution in [2.45, 2.75) is 38.0 Å². The minimum atomic E-state index is -0.810. The number of hydrogen-bond donors (Lipinski definition) is 1. The van der Waals surface area contributed by atoms with E-state index in [9.17, 15) is 9.90 Å². The fourth-order valence-electron chi connectivity index (χ4n) is 4.30. The smallest absolute Gasteiger partial charge is 0.320 e. The molecule has 0 saturated carbocycles. The first kappa shape index (κ1) is 22.7. The molecule has 2 unspecified atom stereocenters. The van der Waals surface area contributed by atoms with Crippen molar-refractivity contribution < 1.29 is 14.6 Å². The van der Waals surface area contributed by atoms with Crippen molar-refractivity contribution >= 4 is 29.2 Å². The van der Waals surface area contributed by atoms with Crippen LogP contribution in [0.15, 0.2) is 72.8 Å². The lowest BCUT2D eigenvalue weighted by molar-refractivity contribution is -0.145. The summed E-state index contributed by atoms with van der Waals surface area (Å²) in [5.74, 6) is -0.0577. The summed E-state index contributed by atoms with van der Waals surface area (Å²) in [6.45, 7) is 1.16. The fraction of sp³-hybridized carbons (Fsp3) is 0.269. The van der Waals surface area contributed by atoms with Gasteiger partial charge in [-0.05, 0) is 54.3 Å². The summed E-state index contributed by atoms with van der Waals surface area (Å²) in [5.41, 5.74) is 2.86. The van der Waals surface area contributed by atoms with E-state index in [1.54, 1.807) is 6.07 Å². The number of hydrogen-bond acceptors (Lipinski definition) is 3. The van der Waals surface area contributed by atoms with Crippen LogP contribution < -0.4 is 4.74 Å². The highest BCUT2D eigenvalue weighted by Crippen LogP contribution is 2.40. The molecule has 6 heteroatoms. The Balaban J connectivity index is 1.65. The second-order valence-corrected chi connectivity index (χ2v) is 8.76. The third kappa shape index (κ3) is 5.09. The number of likely N-dealkylation sites (tertiary alicyclic amines) is 1. The molecule has 4 rings (SSSR count). The van der Waals surface area contributed by atoms with Gasteiger partial charge in [-0.1, -0.05) is 84.2 Å². The van der Waals surface area contributed by atoms with Crippen LogP contribution in [0.2, 0.25) is 10.0 Å². The molecule has 0 radical (unpaired) electrons. The summed E-state index contributed by atoms with van der Waals surface area (Å²) in [6, 6.07) is 22.4. The van der Waals surface area contributed by atoms with Crippen LogP contribution in [0.4, 0.5) is 0 Å². The molecule has 2 atom stereocenters. The Kier molecular flexibility index (Phi) is 7.36. The number of benzene rings is 3. The van der Waals surface area contributed by atoms with Crippen molar-refractivity contribution in [3.8, 4) is 5.75 Å². The number of carbonyl (C=O) groups is 1. The molecule has 1 aliphatic heterocycles. The first-order valence-corrected chi connectivity index (χ1v) is 11.5. The van der Waals surface area contributed by atoms with E-state index in [2.05, 4.69) is 0 Å². The SMILES string of the molecule is O=C(O)C1CCCCN1C(c1ccc(OCc2ccccc2)cc1)c1cccc(Cl)c1Cl. The molecule has 1 fully saturated rings. The van der Waals surface area contributed by atoms with Crippen molar-refractivity contribution in [2.24, 2.45) is 0 Å². The van der Waals surface area contributed by atoms with Crippen molar-refractivity contribution in [1.29, 1.82) is 0 Å². The van der Waals surface area contributed by atoms with E-state index in [1.807, 2.05) is 71.6 Å². The van der Waals surface area contributed by atoms with Gasteiger partial charge in [-0.3, -0.25) is 9.69 Å². The molecule has 166 valence electrons. The lowest BCUT2D eigenvalue weighted by atomic mass is 9.91. The molecule has 0 amide bonds. The quantitative estimate of drug-likeness (QED) is 0.423. The van der Waals surface area contributed by atoms with Gasteiger partial charge in [0, 0.05) is 0 Å². The molecular formula is C26H25Cl2NO3.